The van der Waals surface area contributed by atoms with Crippen LogP contribution in [0.1, 0.15) is 37.5 Å². The van der Waals surface area contributed by atoms with Crippen molar-refractivity contribution in [2.75, 3.05) is 18.0 Å². The smallest absolute Gasteiger partial charge is 0.416 e. The molecule has 1 atom stereocenters. The van der Waals surface area contributed by atoms with Gasteiger partial charge < -0.3 is 15.0 Å². The lowest BCUT2D eigenvalue weighted by Gasteiger charge is -2.35. The first-order valence-electron chi connectivity index (χ1n) is 15.1. The van der Waals surface area contributed by atoms with Crippen molar-refractivity contribution in [3.05, 3.63) is 126 Å². The van der Waals surface area contributed by atoms with Crippen molar-refractivity contribution >= 4 is 27.5 Å². The van der Waals surface area contributed by atoms with Gasteiger partial charge in [-0.05, 0) is 74.4 Å². The lowest BCUT2D eigenvalue weighted by atomic mass is 10.0. The molecule has 8 nitrogen and oxygen atoms in total. The molecule has 0 aromatic heterocycles. The van der Waals surface area contributed by atoms with Gasteiger partial charge in [0.15, 0.2) is 0 Å². The van der Waals surface area contributed by atoms with E-state index >= 15 is 0 Å². The molecule has 1 unspecified atom stereocenters. The van der Waals surface area contributed by atoms with Gasteiger partial charge in [0.25, 0.3) is 10.0 Å². The summed E-state index contributed by atoms with van der Waals surface area (Å²) in [7, 11) is -3.08. The zero-order valence-corrected chi connectivity index (χ0v) is 27.9. The Morgan fingerprint density at radius 3 is 2.02 bits per heavy atom. The van der Waals surface area contributed by atoms with Gasteiger partial charge in [-0.3, -0.25) is 13.9 Å². The highest BCUT2D eigenvalue weighted by molar-refractivity contribution is 7.92. The second kappa shape index (κ2) is 14.9. The molecule has 4 aromatic carbocycles. The Labute approximate surface area is 279 Å². The third-order valence-electron chi connectivity index (χ3n) is 7.33. The van der Waals surface area contributed by atoms with Crippen LogP contribution in [0.25, 0.3) is 0 Å². The van der Waals surface area contributed by atoms with Crippen LogP contribution in [-0.4, -0.2) is 50.4 Å². The Morgan fingerprint density at radius 1 is 0.812 bits per heavy atom. The summed E-state index contributed by atoms with van der Waals surface area (Å²) in [5, 5.41) is 2.93. The van der Waals surface area contributed by atoms with Crippen LogP contribution in [0.4, 0.5) is 18.9 Å². The molecular formula is C36H38F3N3O5S. The van der Waals surface area contributed by atoms with Crippen LogP contribution in [-0.2, 0) is 38.8 Å². The molecule has 1 N–H and O–H groups in total. The molecule has 0 saturated heterocycles. The van der Waals surface area contributed by atoms with E-state index in [0.717, 1.165) is 17.7 Å². The van der Waals surface area contributed by atoms with E-state index in [1.165, 1.54) is 42.3 Å². The van der Waals surface area contributed by atoms with Crippen LogP contribution in [0, 0.1) is 0 Å². The number of carbonyl (C=O) groups excluding carboxylic acids is 2. The summed E-state index contributed by atoms with van der Waals surface area (Å²) in [4.78, 5) is 29.5. The fourth-order valence-corrected chi connectivity index (χ4v) is 6.49. The number of rotatable bonds is 12. The zero-order valence-electron chi connectivity index (χ0n) is 27.1. The van der Waals surface area contributed by atoms with E-state index in [4.69, 9.17) is 4.74 Å². The normalized spacial score (nSPS) is 12.6. The van der Waals surface area contributed by atoms with Crippen molar-refractivity contribution in [2.45, 2.75) is 56.4 Å². The van der Waals surface area contributed by atoms with Crippen LogP contribution in [0.2, 0.25) is 0 Å². The topological polar surface area (TPSA) is 96.0 Å². The van der Waals surface area contributed by atoms with Crippen LogP contribution in [0.3, 0.4) is 0 Å². The van der Waals surface area contributed by atoms with E-state index in [2.05, 4.69) is 5.32 Å². The van der Waals surface area contributed by atoms with Gasteiger partial charge in [0.2, 0.25) is 11.8 Å². The number of halogens is 3. The lowest BCUT2D eigenvalue weighted by Crippen LogP contribution is -2.56. The van der Waals surface area contributed by atoms with Crippen molar-refractivity contribution in [3.63, 3.8) is 0 Å². The Bertz CT molecular complexity index is 1810. The number of hydrogen-bond acceptors (Lipinski definition) is 5. The quantitative estimate of drug-likeness (QED) is 0.185. The highest BCUT2D eigenvalue weighted by Gasteiger charge is 2.37. The first-order valence-corrected chi connectivity index (χ1v) is 16.6. The minimum Gasteiger partial charge on any atom is -0.497 e. The number of ether oxygens (including phenoxy) is 1. The molecule has 0 aliphatic carbocycles. The third kappa shape index (κ3) is 9.37. The van der Waals surface area contributed by atoms with Crippen molar-refractivity contribution in [1.82, 2.24) is 10.2 Å². The fraction of sp³-hybridized carbons (Fsp3) is 0.278. The molecule has 4 rings (SSSR count). The van der Waals surface area contributed by atoms with Gasteiger partial charge in [-0.1, -0.05) is 66.7 Å². The molecule has 0 aliphatic heterocycles. The molecule has 48 heavy (non-hydrogen) atoms. The summed E-state index contributed by atoms with van der Waals surface area (Å²) in [5.41, 5.74) is -0.803. The number of sulfonamides is 1. The number of nitrogens with one attached hydrogen (secondary N) is 1. The molecule has 0 spiro atoms. The zero-order chi connectivity index (χ0) is 35.1. The molecule has 254 valence electrons. The van der Waals surface area contributed by atoms with Gasteiger partial charge in [0.05, 0.1) is 23.3 Å². The summed E-state index contributed by atoms with van der Waals surface area (Å²) in [6.07, 6.45) is -4.69. The van der Waals surface area contributed by atoms with E-state index in [1.807, 2.05) is 6.07 Å². The van der Waals surface area contributed by atoms with Crippen molar-refractivity contribution in [1.29, 1.82) is 0 Å². The number of benzene rings is 4. The second-order valence-electron chi connectivity index (χ2n) is 12.2. The Balaban J connectivity index is 1.86. The molecule has 4 aromatic rings. The number of nitrogens with zero attached hydrogens (tertiary/aromatic N) is 2. The number of anilines is 1. The van der Waals surface area contributed by atoms with Crippen LogP contribution in [0.5, 0.6) is 5.75 Å². The average molecular weight is 682 g/mol. The van der Waals surface area contributed by atoms with E-state index in [1.54, 1.807) is 75.4 Å². The van der Waals surface area contributed by atoms with Gasteiger partial charge in [0.1, 0.15) is 18.3 Å². The van der Waals surface area contributed by atoms with Crippen LogP contribution >= 0.6 is 0 Å². The summed E-state index contributed by atoms with van der Waals surface area (Å²) in [6.45, 7) is 4.35. The Morgan fingerprint density at radius 2 is 1.42 bits per heavy atom. The molecule has 0 radical (unpaired) electrons. The predicted molar refractivity (Wildman–Crippen MR) is 178 cm³/mol. The molecule has 0 heterocycles. The largest absolute Gasteiger partial charge is 0.497 e. The molecule has 2 amide bonds. The van der Waals surface area contributed by atoms with Crippen molar-refractivity contribution < 1.29 is 35.9 Å². The average Bonchev–Trinajstić information content (AvgIpc) is 3.05. The summed E-state index contributed by atoms with van der Waals surface area (Å²) < 4.78 is 75.5. The van der Waals surface area contributed by atoms with Crippen molar-refractivity contribution in [2.24, 2.45) is 0 Å². The van der Waals surface area contributed by atoms with E-state index in [9.17, 15) is 31.2 Å². The maximum absolute atomic E-state index is 14.5. The van der Waals surface area contributed by atoms with Gasteiger partial charge in [-0.25, -0.2) is 8.42 Å². The number of amides is 2. The molecule has 12 heteroatoms. The minimum absolute atomic E-state index is 0.0768. The number of carbonyl (C=O) groups is 2. The molecule has 0 bridgehead atoms. The van der Waals surface area contributed by atoms with Gasteiger partial charge >= 0.3 is 6.18 Å². The van der Waals surface area contributed by atoms with E-state index in [-0.39, 0.29) is 23.5 Å². The molecule has 0 aliphatic rings. The maximum atomic E-state index is 14.5. The first kappa shape index (κ1) is 36.0. The Hall–Kier alpha value is -4.84. The summed E-state index contributed by atoms with van der Waals surface area (Å²) in [5.74, 6) is -0.797. The first-order chi connectivity index (χ1) is 22.6. The van der Waals surface area contributed by atoms with E-state index in [0.29, 0.717) is 21.7 Å². The maximum Gasteiger partial charge on any atom is 0.416 e. The minimum atomic E-state index is -4.77. The highest BCUT2D eigenvalue weighted by Crippen LogP contribution is 2.33. The van der Waals surface area contributed by atoms with Crippen molar-refractivity contribution in [3.8, 4) is 5.75 Å². The fourth-order valence-electron chi connectivity index (χ4n) is 5.06. The SMILES string of the molecule is COc1cccc(CN(C(=O)CN(c2cccc(C(F)(F)F)c2)S(=O)(=O)c2ccccc2)C(Cc2ccccc2)C(=O)NC(C)(C)C)c1. The summed E-state index contributed by atoms with van der Waals surface area (Å²) >= 11 is 0. The third-order valence-corrected chi connectivity index (χ3v) is 9.12. The highest BCUT2D eigenvalue weighted by atomic mass is 32.2. The van der Waals surface area contributed by atoms with Gasteiger partial charge in [-0.15, -0.1) is 0 Å². The number of alkyl halides is 3. The lowest BCUT2D eigenvalue weighted by molar-refractivity contribution is -0.140. The van der Waals surface area contributed by atoms with Gasteiger partial charge in [-0.2, -0.15) is 13.2 Å². The molecule has 0 fully saturated rings. The van der Waals surface area contributed by atoms with Gasteiger partial charge in [0, 0.05) is 18.5 Å². The van der Waals surface area contributed by atoms with Crippen LogP contribution in [0.15, 0.2) is 114 Å². The molecular weight excluding hydrogens is 643 g/mol. The Kier molecular flexibility index (Phi) is 11.2. The number of methoxy groups -OCH3 is 1. The second-order valence-corrected chi connectivity index (χ2v) is 14.1. The molecule has 0 saturated carbocycles. The van der Waals surface area contributed by atoms with Crippen LogP contribution < -0.4 is 14.4 Å². The number of hydrogen-bond donors (Lipinski definition) is 1. The summed E-state index contributed by atoms with van der Waals surface area (Å²) in [6, 6.07) is 25.7. The van der Waals surface area contributed by atoms with E-state index < -0.39 is 51.7 Å². The standard InChI is InChI=1S/C36H38F3N3O5S/c1-35(2,3)40-34(44)32(22-26-13-7-5-8-14-26)41(24-27-15-11-18-30(21-27)47-4)33(43)25-42(48(45,46)31-19-9-6-10-20-31)29-17-12-16-28(23-29)36(37,38)39/h5-21,23,32H,22,24-25H2,1-4H3,(H,40,44). The monoisotopic (exact) mass is 681 g/mol. The predicted octanol–water partition coefficient (Wildman–Crippen LogP) is 6.46.